The highest BCUT2D eigenvalue weighted by atomic mass is 16.5. The summed E-state index contributed by atoms with van der Waals surface area (Å²) in [4.78, 5) is 64.7. The lowest BCUT2D eigenvalue weighted by atomic mass is 9.77. The zero-order valence-corrected chi connectivity index (χ0v) is 12.8. The first-order valence-corrected chi connectivity index (χ1v) is 7.34. The summed E-state index contributed by atoms with van der Waals surface area (Å²) in [5.74, 6) is -4.07. The van der Waals surface area contributed by atoms with E-state index >= 15 is 0 Å². The summed E-state index contributed by atoms with van der Waals surface area (Å²) in [7, 11) is 0. The van der Waals surface area contributed by atoms with Crippen LogP contribution in [0.4, 0.5) is 4.79 Å². The Balaban J connectivity index is 2.04. The summed E-state index contributed by atoms with van der Waals surface area (Å²) in [6.07, 6.45) is 0. The molecule has 0 saturated carbocycles. The number of H-pyrrole nitrogens is 2. The highest BCUT2D eigenvalue weighted by Gasteiger charge is 2.64. The van der Waals surface area contributed by atoms with Gasteiger partial charge in [-0.1, -0.05) is 12.1 Å². The van der Waals surface area contributed by atoms with Gasteiger partial charge in [-0.25, -0.2) is 9.59 Å². The first kappa shape index (κ1) is 15.6. The molecule has 4 rings (SSSR count). The van der Waals surface area contributed by atoms with E-state index in [4.69, 9.17) is 4.74 Å². The third-order valence-corrected chi connectivity index (χ3v) is 4.23. The predicted octanol–water partition coefficient (Wildman–Crippen LogP) is -1.60. The largest absolute Gasteiger partial charge is 0.508 e. The molecular formula is C15H10N4O7. The maximum absolute atomic E-state index is 12.6. The number of amides is 4. The van der Waals surface area contributed by atoms with Gasteiger partial charge in [-0.05, 0) is 17.7 Å². The SMILES string of the molecule is O=C1NC(=O)C2(Oc3[nH]c(=O)[nH]c(=O)c3C2c2cccc(O)c2)C(=O)N1. The molecule has 1 unspecified atom stereocenters. The molecule has 1 aromatic carbocycles. The number of phenolic OH excluding ortho intramolecular Hbond substituents is 1. The van der Waals surface area contributed by atoms with Gasteiger partial charge in [-0.15, -0.1) is 0 Å². The van der Waals surface area contributed by atoms with Crippen LogP contribution in [-0.4, -0.2) is 38.5 Å². The van der Waals surface area contributed by atoms with Crippen LogP contribution in [0.1, 0.15) is 17.0 Å². The van der Waals surface area contributed by atoms with E-state index in [2.05, 4.69) is 4.98 Å². The fourth-order valence-electron chi connectivity index (χ4n) is 3.23. The maximum Gasteiger partial charge on any atom is 0.328 e. The van der Waals surface area contributed by atoms with Crippen molar-refractivity contribution in [1.82, 2.24) is 20.6 Å². The zero-order valence-electron chi connectivity index (χ0n) is 12.8. The van der Waals surface area contributed by atoms with Crippen molar-refractivity contribution >= 4 is 17.8 Å². The lowest BCUT2D eigenvalue weighted by molar-refractivity contribution is -0.151. The second-order valence-corrected chi connectivity index (χ2v) is 5.75. The Morgan fingerprint density at radius 2 is 1.69 bits per heavy atom. The highest BCUT2D eigenvalue weighted by molar-refractivity contribution is 6.23. The van der Waals surface area contributed by atoms with E-state index in [-0.39, 0.29) is 22.8 Å². The van der Waals surface area contributed by atoms with Crippen LogP contribution in [-0.2, 0) is 9.59 Å². The molecule has 1 fully saturated rings. The third kappa shape index (κ3) is 1.97. The smallest absolute Gasteiger partial charge is 0.328 e. The molecule has 2 aliphatic rings. The van der Waals surface area contributed by atoms with Crippen molar-refractivity contribution in [2.24, 2.45) is 0 Å². The van der Waals surface area contributed by atoms with Gasteiger partial charge >= 0.3 is 11.7 Å². The molecule has 4 amide bonds. The molecular weight excluding hydrogens is 348 g/mol. The minimum absolute atomic E-state index is 0.181. The molecule has 2 aliphatic heterocycles. The van der Waals surface area contributed by atoms with Crippen molar-refractivity contribution in [3.63, 3.8) is 0 Å². The molecule has 0 aliphatic carbocycles. The normalized spacial score (nSPS) is 20.3. The number of aromatic amines is 2. The van der Waals surface area contributed by atoms with Gasteiger partial charge in [0.15, 0.2) is 0 Å². The Morgan fingerprint density at radius 3 is 2.35 bits per heavy atom. The van der Waals surface area contributed by atoms with E-state index < -0.39 is 40.6 Å². The number of ether oxygens (including phenoxy) is 1. The Morgan fingerprint density at radius 1 is 1.00 bits per heavy atom. The Labute approximate surface area is 143 Å². The number of hydrogen-bond donors (Lipinski definition) is 5. The van der Waals surface area contributed by atoms with Gasteiger partial charge in [0.05, 0.1) is 11.5 Å². The van der Waals surface area contributed by atoms with E-state index in [0.717, 1.165) is 0 Å². The van der Waals surface area contributed by atoms with Gasteiger partial charge in [0.25, 0.3) is 23.0 Å². The molecule has 11 nitrogen and oxygen atoms in total. The molecule has 1 saturated heterocycles. The number of aromatic hydroxyl groups is 1. The lowest BCUT2D eigenvalue weighted by Crippen LogP contribution is -2.70. The topological polar surface area (TPSA) is 170 Å². The van der Waals surface area contributed by atoms with Gasteiger partial charge in [0, 0.05) is 0 Å². The van der Waals surface area contributed by atoms with E-state index in [1.807, 2.05) is 15.6 Å². The number of aromatic nitrogens is 2. The molecule has 0 radical (unpaired) electrons. The van der Waals surface area contributed by atoms with E-state index in [1.165, 1.54) is 24.3 Å². The fraction of sp³-hybridized carbons (Fsp3) is 0.133. The van der Waals surface area contributed by atoms with Crippen molar-refractivity contribution in [3.05, 3.63) is 56.2 Å². The summed E-state index contributed by atoms with van der Waals surface area (Å²) in [6, 6.07) is 4.47. The number of nitrogens with one attached hydrogen (secondary N) is 4. The van der Waals surface area contributed by atoms with E-state index in [1.54, 1.807) is 0 Å². The molecule has 1 aromatic heterocycles. The molecule has 11 heteroatoms. The van der Waals surface area contributed by atoms with Crippen LogP contribution < -0.4 is 26.6 Å². The van der Waals surface area contributed by atoms with Crippen LogP contribution in [0, 0.1) is 0 Å². The van der Waals surface area contributed by atoms with Gasteiger partial charge in [0.2, 0.25) is 5.88 Å². The Hall–Kier alpha value is -3.89. The zero-order chi connectivity index (χ0) is 18.6. The van der Waals surface area contributed by atoms with Crippen LogP contribution in [0.2, 0.25) is 0 Å². The van der Waals surface area contributed by atoms with Crippen molar-refractivity contribution in [2.45, 2.75) is 11.5 Å². The van der Waals surface area contributed by atoms with Crippen molar-refractivity contribution in [3.8, 4) is 11.6 Å². The summed E-state index contributed by atoms with van der Waals surface area (Å²) < 4.78 is 5.44. The molecule has 1 atom stereocenters. The van der Waals surface area contributed by atoms with Crippen molar-refractivity contribution < 1.29 is 24.2 Å². The number of carbonyl (C=O) groups is 3. The lowest BCUT2D eigenvalue weighted by Gasteiger charge is -2.33. The molecule has 5 N–H and O–H groups in total. The van der Waals surface area contributed by atoms with Gasteiger partial charge < -0.3 is 9.84 Å². The van der Waals surface area contributed by atoms with Crippen LogP contribution in [0.25, 0.3) is 0 Å². The van der Waals surface area contributed by atoms with Crippen LogP contribution >= 0.6 is 0 Å². The molecule has 132 valence electrons. The average molecular weight is 358 g/mol. The van der Waals surface area contributed by atoms with Gasteiger partial charge in [-0.2, -0.15) is 0 Å². The first-order valence-electron chi connectivity index (χ1n) is 7.34. The number of imide groups is 2. The number of benzene rings is 1. The standard InChI is InChI=1S/C15H10N4O7/c20-6-3-1-2-5(4-6)8-7-9(21)16-13(24)17-10(7)26-15(8)11(22)18-14(25)19-12(15)23/h1-4,8,20H,(H2,16,17,21,24)(H2,18,19,22,23,25). The summed E-state index contributed by atoms with van der Waals surface area (Å²) in [5.41, 5.74) is -4.10. The monoisotopic (exact) mass is 358 g/mol. The van der Waals surface area contributed by atoms with Crippen molar-refractivity contribution in [1.29, 1.82) is 0 Å². The second kappa shape index (κ2) is 5.05. The second-order valence-electron chi connectivity index (χ2n) is 5.75. The average Bonchev–Trinajstić information content (AvgIpc) is 2.89. The van der Waals surface area contributed by atoms with Crippen molar-refractivity contribution in [2.75, 3.05) is 0 Å². The molecule has 0 bridgehead atoms. The minimum Gasteiger partial charge on any atom is -0.508 e. The first-order chi connectivity index (χ1) is 12.3. The summed E-state index contributed by atoms with van der Waals surface area (Å²) in [5, 5.41) is 13.6. The quantitative estimate of drug-likeness (QED) is 0.382. The maximum atomic E-state index is 12.6. The van der Waals surface area contributed by atoms with Crippen LogP contribution in [0.3, 0.4) is 0 Å². The number of carbonyl (C=O) groups excluding carboxylic acids is 3. The number of fused-ring (bicyclic) bond motifs is 1. The van der Waals surface area contributed by atoms with Gasteiger partial charge in [-0.3, -0.25) is 35.0 Å². The number of barbiturate groups is 1. The fourth-order valence-corrected chi connectivity index (χ4v) is 3.23. The number of urea groups is 1. The molecule has 2 aromatic rings. The Kier molecular flexibility index (Phi) is 3.04. The molecule has 1 spiro atoms. The van der Waals surface area contributed by atoms with E-state index in [0.29, 0.717) is 0 Å². The molecule has 3 heterocycles. The summed E-state index contributed by atoms with van der Waals surface area (Å²) in [6.45, 7) is 0. The highest BCUT2D eigenvalue weighted by Crippen LogP contribution is 2.46. The minimum atomic E-state index is -2.35. The number of hydrogen-bond acceptors (Lipinski definition) is 7. The molecule has 26 heavy (non-hydrogen) atoms. The number of rotatable bonds is 1. The van der Waals surface area contributed by atoms with Gasteiger partial charge in [0.1, 0.15) is 5.75 Å². The van der Waals surface area contributed by atoms with E-state index in [9.17, 15) is 29.1 Å². The third-order valence-electron chi connectivity index (χ3n) is 4.23. The van der Waals surface area contributed by atoms with Crippen LogP contribution in [0.15, 0.2) is 33.9 Å². The Bertz CT molecular complexity index is 1080. The summed E-state index contributed by atoms with van der Waals surface area (Å²) >= 11 is 0. The predicted molar refractivity (Wildman–Crippen MR) is 82.7 cm³/mol. The number of phenols is 1. The van der Waals surface area contributed by atoms with Crippen LogP contribution in [0.5, 0.6) is 11.6 Å².